The maximum atomic E-state index is 12.4. The molecule has 0 aliphatic carbocycles. The highest BCUT2D eigenvalue weighted by atomic mass is 16.3. The molecule has 0 bridgehead atoms. The van der Waals surface area contributed by atoms with E-state index in [4.69, 9.17) is 0 Å². The zero-order valence-electron chi connectivity index (χ0n) is 36.4. The van der Waals surface area contributed by atoms with Gasteiger partial charge in [-0.2, -0.15) is 0 Å². The molecular formula is C49H95NO4. The number of hydrogen-bond donors (Lipinski definition) is 4. The molecule has 0 aromatic heterocycles. The van der Waals surface area contributed by atoms with Crippen LogP contribution in [-0.2, 0) is 4.79 Å². The molecule has 0 saturated carbocycles. The predicted octanol–water partition coefficient (Wildman–Crippen LogP) is 14.2. The SMILES string of the molecule is CCCCCCCCCCCCCCCCC/C=C/CC/C=C/CCCC(O)C(O)C(CO)NC(=O)CCCCCCCCCCCCCCCCCC. The van der Waals surface area contributed by atoms with Gasteiger partial charge in [0.15, 0.2) is 0 Å². The van der Waals surface area contributed by atoms with Gasteiger partial charge < -0.3 is 20.6 Å². The second-order valence-corrected chi connectivity index (χ2v) is 16.7. The summed E-state index contributed by atoms with van der Waals surface area (Å²) in [7, 11) is 0. The van der Waals surface area contributed by atoms with Crippen molar-refractivity contribution in [1.29, 1.82) is 0 Å². The van der Waals surface area contributed by atoms with Crippen LogP contribution in [0.2, 0.25) is 0 Å². The highest BCUT2D eigenvalue weighted by Gasteiger charge is 2.26. The molecule has 0 saturated heterocycles. The van der Waals surface area contributed by atoms with Gasteiger partial charge in [0.05, 0.1) is 18.8 Å². The van der Waals surface area contributed by atoms with Gasteiger partial charge in [0.2, 0.25) is 5.91 Å². The van der Waals surface area contributed by atoms with Crippen LogP contribution >= 0.6 is 0 Å². The predicted molar refractivity (Wildman–Crippen MR) is 236 cm³/mol. The third-order valence-corrected chi connectivity index (χ3v) is 11.3. The third-order valence-electron chi connectivity index (χ3n) is 11.3. The quantitative estimate of drug-likeness (QED) is 0.0368. The largest absolute Gasteiger partial charge is 0.394 e. The second kappa shape index (κ2) is 44.5. The van der Waals surface area contributed by atoms with Crippen molar-refractivity contribution >= 4 is 5.91 Å². The molecule has 54 heavy (non-hydrogen) atoms. The molecule has 0 radical (unpaired) electrons. The highest BCUT2D eigenvalue weighted by molar-refractivity contribution is 5.76. The molecule has 0 aliphatic heterocycles. The first-order valence-corrected chi connectivity index (χ1v) is 24.1. The fourth-order valence-electron chi connectivity index (χ4n) is 7.53. The van der Waals surface area contributed by atoms with Gasteiger partial charge in [0.1, 0.15) is 6.10 Å². The van der Waals surface area contributed by atoms with Crippen LogP contribution in [0.25, 0.3) is 0 Å². The van der Waals surface area contributed by atoms with E-state index in [1.807, 2.05) is 0 Å². The first kappa shape index (κ1) is 52.8. The second-order valence-electron chi connectivity index (χ2n) is 16.7. The van der Waals surface area contributed by atoms with Crippen LogP contribution in [0.3, 0.4) is 0 Å². The lowest BCUT2D eigenvalue weighted by Gasteiger charge is -2.26. The van der Waals surface area contributed by atoms with E-state index < -0.39 is 18.2 Å². The fraction of sp³-hybridized carbons (Fsp3) is 0.898. The molecule has 0 aliphatic rings. The average Bonchev–Trinajstić information content (AvgIpc) is 3.18. The minimum absolute atomic E-state index is 0.155. The topological polar surface area (TPSA) is 89.8 Å². The van der Waals surface area contributed by atoms with Gasteiger partial charge in [-0.05, 0) is 51.4 Å². The molecule has 5 heteroatoms. The van der Waals surface area contributed by atoms with Gasteiger partial charge in [0.25, 0.3) is 0 Å². The molecular weight excluding hydrogens is 667 g/mol. The lowest BCUT2D eigenvalue weighted by molar-refractivity contribution is -0.124. The van der Waals surface area contributed by atoms with Crippen molar-refractivity contribution in [2.45, 2.75) is 276 Å². The summed E-state index contributed by atoms with van der Waals surface area (Å²) >= 11 is 0. The first-order chi connectivity index (χ1) is 26.6. The Morgan fingerprint density at radius 2 is 0.759 bits per heavy atom. The monoisotopic (exact) mass is 762 g/mol. The molecule has 4 N–H and O–H groups in total. The van der Waals surface area contributed by atoms with Crippen LogP contribution in [0.4, 0.5) is 0 Å². The molecule has 1 amide bonds. The molecule has 0 heterocycles. The van der Waals surface area contributed by atoms with Gasteiger partial charge in [-0.3, -0.25) is 4.79 Å². The third kappa shape index (κ3) is 39.1. The molecule has 0 aromatic carbocycles. The number of nitrogens with one attached hydrogen (secondary N) is 1. The number of carbonyl (C=O) groups is 1. The van der Waals surface area contributed by atoms with Crippen molar-refractivity contribution in [1.82, 2.24) is 5.32 Å². The summed E-state index contributed by atoms with van der Waals surface area (Å²) in [5, 5.41) is 33.6. The zero-order valence-corrected chi connectivity index (χ0v) is 36.4. The zero-order chi connectivity index (χ0) is 39.4. The summed E-state index contributed by atoms with van der Waals surface area (Å²) in [4.78, 5) is 12.4. The number of aliphatic hydroxyl groups is 3. The fourth-order valence-corrected chi connectivity index (χ4v) is 7.53. The van der Waals surface area contributed by atoms with Crippen LogP contribution in [0.15, 0.2) is 24.3 Å². The summed E-state index contributed by atoms with van der Waals surface area (Å²) in [5.41, 5.74) is 0. The Bertz CT molecular complexity index is 799. The van der Waals surface area contributed by atoms with E-state index >= 15 is 0 Å². The number of rotatable bonds is 44. The average molecular weight is 762 g/mol. The van der Waals surface area contributed by atoms with E-state index in [2.05, 4.69) is 43.5 Å². The number of hydrogen-bond acceptors (Lipinski definition) is 4. The Kier molecular flexibility index (Phi) is 43.6. The number of unbranched alkanes of at least 4 members (excludes halogenated alkanes) is 32. The normalized spacial score (nSPS) is 13.6. The maximum absolute atomic E-state index is 12.4. The van der Waals surface area contributed by atoms with Gasteiger partial charge in [-0.15, -0.1) is 0 Å². The van der Waals surface area contributed by atoms with Crippen molar-refractivity contribution in [2.75, 3.05) is 6.61 Å². The van der Waals surface area contributed by atoms with Crippen molar-refractivity contribution in [3.63, 3.8) is 0 Å². The highest BCUT2D eigenvalue weighted by Crippen LogP contribution is 2.16. The lowest BCUT2D eigenvalue weighted by atomic mass is 10.0. The Morgan fingerprint density at radius 1 is 0.444 bits per heavy atom. The van der Waals surface area contributed by atoms with Crippen molar-refractivity contribution in [3.8, 4) is 0 Å². The molecule has 3 unspecified atom stereocenters. The molecule has 0 rings (SSSR count). The van der Waals surface area contributed by atoms with Crippen LogP contribution in [0, 0.1) is 0 Å². The summed E-state index contributed by atoms with van der Waals surface area (Å²) < 4.78 is 0. The van der Waals surface area contributed by atoms with Gasteiger partial charge >= 0.3 is 0 Å². The van der Waals surface area contributed by atoms with Crippen molar-refractivity contribution in [2.24, 2.45) is 0 Å². The Balaban J connectivity index is 3.64. The van der Waals surface area contributed by atoms with E-state index in [9.17, 15) is 20.1 Å². The van der Waals surface area contributed by atoms with E-state index in [0.29, 0.717) is 12.8 Å². The molecule has 0 spiro atoms. The summed E-state index contributed by atoms with van der Waals surface area (Å²) in [5.74, 6) is -0.155. The molecule has 0 aromatic rings. The van der Waals surface area contributed by atoms with Crippen LogP contribution in [-0.4, -0.2) is 46.1 Å². The van der Waals surface area contributed by atoms with Crippen molar-refractivity contribution in [3.05, 3.63) is 24.3 Å². The van der Waals surface area contributed by atoms with Gasteiger partial charge in [-0.25, -0.2) is 0 Å². The van der Waals surface area contributed by atoms with Gasteiger partial charge in [-0.1, -0.05) is 224 Å². The minimum atomic E-state index is -1.16. The van der Waals surface area contributed by atoms with E-state index in [1.54, 1.807) is 0 Å². The molecule has 5 nitrogen and oxygen atoms in total. The van der Waals surface area contributed by atoms with Crippen LogP contribution in [0.5, 0.6) is 0 Å². The van der Waals surface area contributed by atoms with Gasteiger partial charge in [0, 0.05) is 6.42 Å². The maximum Gasteiger partial charge on any atom is 0.220 e. The Morgan fingerprint density at radius 3 is 1.13 bits per heavy atom. The Hall–Kier alpha value is -1.17. The minimum Gasteiger partial charge on any atom is -0.394 e. The number of amides is 1. The number of allylic oxidation sites excluding steroid dienone is 4. The lowest BCUT2D eigenvalue weighted by Crippen LogP contribution is -2.50. The molecule has 3 atom stereocenters. The smallest absolute Gasteiger partial charge is 0.220 e. The standard InChI is InChI=1S/C49H95NO4/c1-3-5-7-9-11-13-15-17-19-21-22-23-24-25-26-27-28-29-31-33-35-37-39-41-43-47(52)49(54)46(45-51)50-48(53)44-42-40-38-36-34-32-30-20-18-16-14-12-10-8-6-4-2/h28-29,35,37,46-47,49,51-52,54H,3-27,30-34,36,38-45H2,1-2H3,(H,50,53)/b29-28+,37-35+. The van der Waals surface area contributed by atoms with Crippen LogP contribution < -0.4 is 5.32 Å². The summed E-state index contributed by atoms with van der Waals surface area (Å²) in [6.07, 6.45) is 54.5. The Labute approximate surface area is 337 Å². The summed E-state index contributed by atoms with van der Waals surface area (Å²) in [6, 6.07) is -0.828. The first-order valence-electron chi connectivity index (χ1n) is 24.1. The molecule has 320 valence electrons. The number of aliphatic hydroxyl groups excluding tert-OH is 3. The van der Waals surface area contributed by atoms with E-state index in [-0.39, 0.29) is 12.5 Å². The number of carbonyl (C=O) groups excluding carboxylic acids is 1. The van der Waals surface area contributed by atoms with E-state index in [0.717, 1.165) is 44.9 Å². The molecule has 0 fully saturated rings. The summed E-state index contributed by atoms with van der Waals surface area (Å²) in [6.45, 7) is 4.18. The van der Waals surface area contributed by atoms with Crippen LogP contribution in [0.1, 0.15) is 258 Å². The van der Waals surface area contributed by atoms with Crippen molar-refractivity contribution < 1.29 is 20.1 Å². The van der Waals surface area contributed by atoms with E-state index in [1.165, 1.54) is 186 Å².